The molecule has 0 unspecified atom stereocenters. The van der Waals surface area contributed by atoms with Gasteiger partial charge in [-0.2, -0.15) is 5.10 Å². The number of carbonyl (C=O) groups excluding carboxylic acids is 1. The maximum Gasteiger partial charge on any atom is 0.272 e. The third-order valence-corrected chi connectivity index (χ3v) is 6.01. The van der Waals surface area contributed by atoms with Crippen LogP contribution in [0.5, 0.6) is 0 Å². The lowest BCUT2D eigenvalue weighted by Crippen LogP contribution is -2.49. The average molecular weight is 393 g/mol. The maximum atomic E-state index is 13.2. The van der Waals surface area contributed by atoms with Crippen LogP contribution in [0.1, 0.15) is 21.6 Å². The van der Waals surface area contributed by atoms with Crippen LogP contribution >= 0.6 is 11.6 Å². The molecule has 1 saturated heterocycles. The van der Waals surface area contributed by atoms with E-state index >= 15 is 0 Å². The highest BCUT2D eigenvalue weighted by atomic mass is 35.5. The molecule has 3 aromatic rings. The second-order valence-electron chi connectivity index (χ2n) is 7.34. The number of aromatic nitrogens is 2. The molecule has 5 rings (SSSR count). The first-order valence-corrected chi connectivity index (χ1v) is 10.0. The number of rotatable bonds is 2. The van der Waals surface area contributed by atoms with Gasteiger partial charge in [-0.05, 0) is 42.7 Å². The van der Waals surface area contributed by atoms with Crippen molar-refractivity contribution in [3.63, 3.8) is 0 Å². The lowest BCUT2D eigenvalue weighted by molar-refractivity contribution is 0.0739. The predicted molar refractivity (Wildman–Crippen MR) is 111 cm³/mol. The Hall–Kier alpha value is -2.79. The number of halogens is 1. The van der Waals surface area contributed by atoms with Gasteiger partial charge in [-0.25, -0.2) is 0 Å². The summed E-state index contributed by atoms with van der Waals surface area (Å²) in [6.07, 6.45) is 1.81. The molecular weight excluding hydrogens is 372 g/mol. The second kappa shape index (κ2) is 6.99. The number of amides is 1. The summed E-state index contributed by atoms with van der Waals surface area (Å²) in [7, 11) is 0. The number of aromatic amines is 1. The Morgan fingerprint density at radius 1 is 0.964 bits per heavy atom. The third-order valence-electron chi connectivity index (χ3n) is 5.76. The fourth-order valence-corrected chi connectivity index (χ4v) is 4.34. The molecule has 142 valence electrons. The van der Waals surface area contributed by atoms with Crippen molar-refractivity contribution in [1.82, 2.24) is 15.1 Å². The summed E-state index contributed by atoms with van der Waals surface area (Å²) in [4.78, 5) is 17.4. The van der Waals surface area contributed by atoms with E-state index in [-0.39, 0.29) is 5.91 Å². The van der Waals surface area contributed by atoms with Crippen molar-refractivity contribution in [1.29, 1.82) is 0 Å². The molecule has 1 amide bonds. The van der Waals surface area contributed by atoms with Crippen LogP contribution in [0, 0.1) is 0 Å². The van der Waals surface area contributed by atoms with Crippen LogP contribution in [0.25, 0.3) is 11.3 Å². The Bertz CT molecular complexity index is 1020. The largest absolute Gasteiger partial charge is 0.368 e. The molecule has 1 N–H and O–H groups in total. The van der Waals surface area contributed by atoms with Crippen molar-refractivity contribution in [3.8, 4) is 11.3 Å². The summed E-state index contributed by atoms with van der Waals surface area (Å²) in [6.45, 7) is 3.02. The molecule has 0 radical (unpaired) electrons. The molecule has 28 heavy (non-hydrogen) atoms. The molecular formula is C22H21ClN4O. The first kappa shape index (κ1) is 17.3. The summed E-state index contributed by atoms with van der Waals surface area (Å²) >= 11 is 5.98. The van der Waals surface area contributed by atoms with E-state index in [0.717, 1.165) is 53.5 Å². The van der Waals surface area contributed by atoms with Crippen LogP contribution in [-0.4, -0.2) is 47.2 Å². The molecule has 0 atom stereocenters. The minimum absolute atomic E-state index is 0.0592. The number of nitrogens with one attached hydrogen (secondary N) is 1. The molecule has 2 aliphatic rings. The summed E-state index contributed by atoms with van der Waals surface area (Å²) in [5, 5.41) is 8.26. The van der Waals surface area contributed by atoms with Crippen molar-refractivity contribution in [2.75, 3.05) is 31.1 Å². The fraction of sp³-hybridized carbons (Fsp3) is 0.273. The van der Waals surface area contributed by atoms with E-state index in [2.05, 4.69) is 33.3 Å². The lowest BCUT2D eigenvalue weighted by atomic mass is 9.89. The standard InChI is InChI=1S/C22H21ClN4O/c23-16-6-8-17(9-7-16)26-11-13-27(14-12-26)22(28)21-19-10-5-15-3-1-2-4-18(15)20(19)24-25-21/h1-4,6-9H,5,10-14H2,(H,24,25). The number of benzene rings is 2. The van der Waals surface area contributed by atoms with Gasteiger partial charge in [0.15, 0.2) is 0 Å². The number of fused-ring (bicyclic) bond motifs is 3. The third kappa shape index (κ3) is 2.96. The highest BCUT2D eigenvalue weighted by molar-refractivity contribution is 6.30. The topological polar surface area (TPSA) is 52.2 Å². The highest BCUT2D eigenvalue weighted by Crippen LogP contribution is 2.33. The van der Waals surface area contributed by atoms with Crippen molar-refractivity contribution >= 4 is 23.2 Å². The van der Waals surface area contributed by atoms with Crippen LogP contribution < -0.4 is 4.90 Å². The molecule has 2 aromatic carbocycles. The monoisotopic (exact) mass is 392 g/mol. The normalized spacial score (nSPS) is 15.9. The number of nitrogens with zero attached hydrogens (tertiary/aromatic N) is 3. The molecule has 0 spiro atoms. The van der Waals surface area contributed by atoms with E-state index in [4.69, 9.17) is 11.6 Å². The molecule has 1 aliphatic carbocycles. The fourth-order valence-electron chi connectivity index (χ4n) is 4.22. The Balaban J connectivity index is 1.32. The zero-order valence-electron chi connectivity index (χ0n) is 15.5. The summed E-state index contributed by atoms with van der Waals surface area (Å²) < 4.78 is 0. The van der Waals surface area contributed by atoms with Crippen molar-refractivity contribution in [2.45, 2.75) is 12.8 Å². The lowest BCUT2D eigenvalue weighted by Gasteiger charge is -2.36. The number of hydrogen-bond acceptors (Lipinski definition) is 3. The van der Waals surface area contributed by atoms with Gasteiger partial charge in [0.05, 0.1) is 5.69 Å². The van der Waals surface area contributed by atoms with Gasteiger partial charge in [-0.15, -0.1) is 0 Å². The Labute approximate surface area is 168 Å². The van der Waals surface area contributed by atoms with Crippen LogP contribution in [0.2, 0.25) is 5.02 Å². The number of piperazine rings is 1. The molecule has 1 fully saturated rings. The minimum atomic E-state index is 0.0592. The number of hydrogen-bond donors (Lipinski definition) is 1. The van der Waals surface area contributed by atoms with Gasteiger partial charge in [0.25, 0.3) is 5.91 Å². The summed E-state index contributed by atoms with van der Waals surface area (Å²) in [5.41, 5.74) is 6.24. The van der Waals surface area contributed by atoms with Crippen LogP contribution in [0.15, 0.2) is 48.5 Å². The molecule has 1 aromatic heterocycles. The number of H-pyrrole nitrogens is 1. The first-order chi connectivity index (χ1) is 13.7. The Kier molecular flexibility index (Phi) is 4.32. The Morgan fingerprint density at radius 2 is 1.71 bits per heavy atom. The molecule has 0 bridgehead atoms. The molecule has 0 saturated carbocycles. The van der Waals surface area contributed by atoms with Gasteiger partial charge in [0, 0.05) is 48.0 Å². The molecule has 5 nitrogen and oxygen atoms in total. The summed E-state index contributed by atoms with van der Waals surface area (Å²) in [6, 6.07) is 16.2. The van der Waals surface area contributed by atoms with E-state index in [1.165, 1.54) is 5.56 Å². The van der Waals surface area contributed by atoms with E-state index in [1.807, 2.05) is 35.2 Å². The van der Waals surface area contributed by atoms with Gasteiger partial charge in [0.2, 0.25) is 0 Å². The molecule has 6 heteroatoms. The Morgan fingerprint density at radius 3 is 2.50 bits per heavy atom. The van der Waals surface area contributed by atoms with Crippen molar-refractivity contribution in [3.05, 3.63) is 70.4 Å². The smallest absolute Gasteiger partial charge is 0.272 e. The van der Waals surface area contributed by atoms with Gasteiger partial charge in [0.1, 0.15) is 5.69 Å². The first-order valence-electron chi connectivity index (χ1n) is 9.66. The van der Waals surface area contributed by atoms with Gasteiger partial charge in [-0.1, -0.05) is 35.9 Å². The number of aryl methyl sites for hydroxylation is 1. The van der Waals surface area contributed by atoms with Crippen LogP contribution in [-0.2, 0) is 12.8 Å². The van der Waals surface area contributed by atoms with Gasteiger partial charge < -0.3 is 9.80 Å². The van der Waals surface area contributed by atoms with Crippen molar-refractivity contribution < 1.29 is 4.79 Å². The molecule has 1 aliphatic heterocycles. The van der Waals surface area contributed by atoms with Crippen LogP contribution in [0.4, 0.5) is 5.69 Å². The van der Waals surface area contributed by atoms with E-state index in [9.17, 15) is 4.79 Å². The maximum absolute atomic E-state index is 13.2. The zero-order valence-corrected chi connectivity index (χ0v) is 16.2. The SMILES string of the molecule is O=C(c1[nH]nc2c1CCc1ccccc1-2)N1CCN(c2ccc(Cl)cc2)CC1. The second-order valence-corrected chi connectivity index (χ2v) is 7.78. The predicted octanol–water partition coefficient (Wildman–Crippen LogP) is 3.79. The highest BCUT2D eigenvalue weighted by Gasteiger charge is 2.29. The average Bonchev–Trinajstić information content (AvgIpc) is 3.18. The van der Waals surface area contributed by atoms with Crippen LogP contribution in [0.3, 0.4) is 0 Å². The minimum Gasteiger partial charge on any atom is -0.368 e. The van der Waals surface area contributed by atoms with Gasteiger partial charge in [-0.3, -0.25) is 9.89 Å². The van der Waals surface area contributed by atoms with Gasteiger partial charge >= 0.3 is 0 Å². The summed E-state index contributed by atoms with van der Waals surface area (Å²) in [5.74, 6) is 0.0592. The number of carbonyl (C=O) groups is 1. The van der Waals surface area contributed by atoms with E-state index in [0.29, 0.717) is 18.8 Å². The van der Waals surface area contributed by atoms with E-state index in [1.54, 1.807) is 0 Å². The quantitative estimate of drug-likeness (QED) is 0.721. The van der Waals surface area contributed by atoms with Crippen molar-refractivity contribution in [2.24, 2.45) is 0 Å². The number of anilines is 1. The van der Waals surface area contributed by atoms with E-state index < -0.39 is 0 Å². The molecule has 2 heterocycles. The zero-order chi connectivity index (χ0) is 19.1.